The monoisotopic (exact) mass is 424 g/mol. The van der Waals surface area contributed by atoms with E-state index >= 15 is 0 Å². The molecule has 2 aromatic heterocycles. The molecular formula is C21H15F3N6O. The third kappa shape index (κ3) is 3.98. The van der Waals surface area contributed by atoms with Crippen molar-refractivity contribution in [3.63, 3.8) is 0 Å². The highest BCUT2D eigenvalue weighted by Gasteiger charge is 2.36. The number of fused-ring (bicyclic) bond motifs is 1. The van der Waals surface area contributed by atoms with Crippen molar-refractivity contribution in [2.24, 2.45) is 0 Å². The average molecular weight is 424 g/mol. The minimum Gasteiger partial charge on any atom is -0.494 e. The van der Waals surface area contributed by atoms with Gasteiger partial charge in [-0.25, -0.2) is 4.98 Å². The smallest absolute Gasteiger partial charge is 0.453 e. The van der Waals surface area contributed by atoms with Crippen molar-refractivity contribution in [3.8, 4) is 22.9 Å². The van der Waals surface area contributed by atoms with Gasteiger partial charge in [0.1, 0.15) is 5.82 Å². The molecule has 156 valence electrons. The minimum absolute atomic E-state index is 0.0259. The van der Waals surface area contributed by atoms with Crippen LogP contribution in [0.5, 0.6) is 5.75 Å². The van der Waals surface area contributed by atoms with Gasteiger partial charge in [-0.3, -0.25) is 10.1 Å². The maximum atomic E-state index is 12.7. The van der Waals surface area contributed by atoms with Crippen LogP contribution in [0.1, 0.15) is 17.2 Å². The van der Waals surface area contributed by atoms with Crippen molar-refractivity contribution >= 4 is 16.6 Å². The third-order valence-corrected chi connectivity index (χ3v) is 4.61. The molecular weight excluding hydrogens is 409 g/mol. The third-order valence-electron chi connectivity index (χ3n) is 4.61. The van der Waals surface area contributed by atoms with Crippen LogP contribution >= 0.6 is 0 Å². The number of benzene rings is 2. The molecule has 0 unspecified atom stereocenters. The van der Waals surface area contributed by atoms with Crippen LogP contribution in [0.4, 0.5) is 18.9 Å². The van der Waals surface area contributed by atoms with Crippen LogP contribution in [-0.4, -0.2) is 27.3 Å². The van der Waals surface area contributed by atoms with Crippen LogP contribution in [-0.2, 0) is 12.7 Å². The van der Waals surface area contributed by atoms with Crippen LogP contribution in [0.2, 0.25) is 0 Å². The number of ether oxygens (including phenoxy) is 1. The number of nitrogens with zero attached hydrogens (tertiary/aromatic N) is 4. The number of aromatic nitrogens is 4. The van der Waals surface area contributed by atoms with E-state index in [-0.39, 0.29) is 12.4 Å². The first-order chi connectivity index (χ1) is 14.9. The van der Waals surface area contributed by atoms with E-state index in [1.165, 1.54) is 7.11 Å². The average Bonchev–Trinajstić information content (AvgIpc) is 3.26. The van der Waals surface area contributed by atoms with E-state index in [9.17, 15) is 13.2 Å². The van der Waals surface area contributed by atoms with Gasteiger partial charge in [-0.15, -0.1) is 5.10 Å². The zero-order valence-corrected chi connectivity index (χ0v) is 16.2. The summed E-state index contributed by atoms with van der Waals surface area (Å²) in [6.45, 7) is -0.0259. The Hall–Kier alpha value is -4.13. The SMILES string of the molecule is COc1c(NCc2nc(C(F)(F)F)n[nH]2)cnc2c(-c3ccc(C#N)cc3)cccc12. The number of hydrogen-bond acceptors (Lipinski definition) is 6. The summed E-state index contributed by atoms with van der Waals surface area (Å²) >= 11 is 0. The number of H-pyrrole nitrogens is 1. The number of para-hydroxylation sites is 1. The van der Waals surface area contributed by atoms with E-state index in [1.807, 2.05) is 30.3 Å². The molecule has 0 aliphatic carbocycles. The standard InChI is InChI=1S/C21H15F3N6O/c1-31-19-15-4-2-3-14(13-7-5-12(9-25)6-8-13)18(15)27-10-16(19)26-11-17-28-20(30-29-17)21(22,23)24/h2-8,10,26H,11H2,1H3,(H,28,29,30). The summed E-state index contributed by atoms with van der Waals surface area (Å²) in [4.78, 5) is 7.98. The highest BCUT2D eigenvalue weighted by Crippen LogP contribution is 2.37. The molecule has 0 spiro atoms. The summed E-state index contributed by atoms with van der Waals surface area (Å²) in [5, 5.41) is 18.2. The Morgan fingerprint density at radius 1 is 1.16 bits per heavy atom. The predicted octanol–water partition coefficient (Wildman–Crippen LogP) is 4.53. The van der Waals surface area contributed by atoms with Crippen molar-refractivity contribution in [2.45, 2.75) is 12.7 Å². The van der Waals surface area contributed by atoms with Gasteiger partial charge in [0, 0.05) is 10.9 Å². The molecule has 0 saturated carbocycles. The Labute approximate surface area is 174 Å². The summed E-state index contributed by atoms with van der Waals surface area (Å²) < 4.78 is 43.6. The molecule has 2 heterocycles. The van der Waals surface area contributed by atoms with Gasteiger partial charge in [0.15, 0.2) is 5.75 Å². The molecule has 0 amide bonds. The number of hydrogen-bond donors (Lipinski definition) is 2. The second-order valence-corrected chi connectivity index (χ2v) is 6.55. The molecule has 0 atom stereocenters. The Morgan fingerprint density at radius 3 is 2.58 bits per heavy atom. The predicted molar refractivity (Wildman–Crippen MR) is 107 cm³/mol. The number of methoxy groups -OCH3 is 1. The van der Waals surface area contributed by atoms with E-state index in [0.29, 0.717) is 22.5 Å². The lowest BCUT2D eigenvalue weighted by molar-refractivity contribution is -0.144. The second-order valence-electron chi connectivity index (χ2n) is 6.55. The molecule has 0 fully saturated rings. The lowest BCUT2D eigenvalue weighted by atomic mass is 10.0. The van der Waals surface area contributed by atoms with Gasteiger partial charge in [0.25, 0.3) is 5.82 Å². The largest absolute Gasteiger partial charge is 0.494 e. The van der Waals surface area contributed by atoms with Gasteiger partial charge in [0.2, 0.25) is 0 Å². The maximum Gasteiger partial charge on any atom is 0.453 e. The van der Waals surface area contributed by atoms with Gasteiger partial charge >= 0.3 is 6.18 Å². The summed E-state index contributed by atoms with van der Waals surface area (Å²) in [5.41, 5.74) is 3.49. The lowest BCUT2D eigenvalue weighted by Gasteiger charge is -2.14. The van der Waals surface area contributed by atoms with Crippen LogP contribution < -0.4 is 10.1 Å². The zero-order valence-electron chi connectivity index (χ0n) is 16.2. The number of halogens is 3. The molecule has 0 radical (unpaired) electrons. The fourth-order valence-electron chi connectivity index (χ4n) is 3.18. The molecule has 31 heavy (non-hydrogen) atoms. The van der Waals surface area contributed by atoms with Crippen molar-refractivity contribution in [3.05, 3.63) is 65.9 Å². The molecule has 2 aromatic carbocycles. The number of nitrogens with one attached hydrogen (secondary N) is 2. The van der Waals surface area contributed by atoms with Gasteiger partial charge in [-0.05, 0) is 23.8 Å². The Morgan fingerprint density at radius 2 is 1.94 bits per heavy atom. The van der Waals surface area contributed by atoms with E-state index < -0.39 is 12.0 Å². The lowest BCUT2D eigenvalue weighted by Crippen LogP contribution is -2.08. The summed E-state index contributed by atoms with van der Waals surface area (Å²) in [5.74, 6) is -0.697. The molecule has 0 saturated heterocycles. The number of anilines is 1. The molecule has 4 rings (SSSR count). The first-order valence-corrected chi connectivity index (χ1v) is 9.09. The molecule has 10 heteroatoms. The van der Waals surface area contributed by atoms with Gasteiger partial charge in [0.05, 0.1) is 42.7 Å². The van der Waals surface area contributed by atoms with Crippen molar-refractivity contribution in [1.29, 1.82) is 5.26 Å². The Bertz CT molecular complexity index is 1280. The van der Waals surface area contributed by atoms with Crippen molar-refractivity contribution < 1.29 is 17.9 Å². The quantitative estimate of drug-likeness (QED) is 0.488. The van der Waals surface area contributed by atoms with E-state index in [1.54, 1.807) is 18.3 Å². The first kappa shape index (κ1) is 20.2. The molecule has 7 nitrogen and oxygen atoms in total. The normalized spacial score (nSPS) is 11.3. The number of aromatic amines is 1. The number of alkyl halides is 3. The van der Waals surface area contributed by atoms with Crippen molar-refractivity contribution in [1.82, 2.24) is 20.2 Å². The van der Waals surface area contributed by atoms with E-state index in [0.717, 1.165) is 16.5 Å². The van der Waals surface area contributed by atoms with Crippen LogP contribution in [0.25, 0.3) is 22.0 Å². The van der Waals surface area contributed by atoms with Gasteiger partial charge < -0.3 is 10.1 Å². The van der Waals surface area contributed by atoms with Gasteiger partial charge in [-0.2, -0.15) is 18.4 Å². The van der Waals surface area contributed by atoms with Crippen molar-refractivity contribution in [2.75, 3.05) is 12.4 Å². The number of pyridine rings is 1. The fraction of sp³-hybridized carbons (Fsp3) is 0.143. The molecule has 0 aliphatic rings. The summed E-state index contributed by atoms with van der Waals surface area (Å²) in [7, 11) is 1.50. The van der Waals surface area contributed by atoms with E-state index in [2.05, 4.69) is 31.6 Å². The number of rotatable bonds is 5. The molecule has 4 aromatic rings. The summed E-state index contributed by atoms with van der Waals surface area (Å²) in [6.07, 6.45) is -3.06. The highest BCUT2D eigenvalue weighted by atomic mass is 19.4. The Kier molecular flexibility index (Phi) is 5.17. The topological polar surface area (TPSA) is 99.5 Å². The van der Waals surface area contributed by atoms with Crippen LogP contribution in [0, 0.1) is 11.3 Å². The fourth-order valence-corrected chi connectivity index (χ4v) is 3.18. The zero-order chi connectivity index (χ0) is 22.0. The van der Waals surface area contributed by atoms with Gasteiger partial charge in [-0.1, -0.05) is 24.3 Å². The first-order valence-electron chi connectivity index (χ1n) is 9.09. The Balaban J connectivity index is 1.66. The number of nitriles is 1. The second kappa shape index (κ2) is 7.95. The van der Waals surface area contributed by atoms with Crippen LogP contribution in [0.15, 0.2) is 48.7 Å². The molecule has 0 bridgehead atoms. The molecule has 0 aliphatic heterocycles. The highest BCUT2D eigenvalue weighted by molar-refractivity contribution is 5.99. The minimum atomic E-state index is -4.61. The van der Waals surface area contributed by atoms with Crippen LogP contribution in [0.3, 0.4) is 0 Å². The van der Waals surface area contributed by atoms with E-state index in [4.69, 9.17) is 10.00 Å². The summed E-state index contributed by atoms with van der Waals surface area (Å²) in [6, 6.07) is 14.8. The molecule has 2 N–H and O–H groups in total. The maximum absolute atomic E-state index is 12.7.